The number of benzene rings is 1. The Morgan fingerprint density at radius 1 is 1.00 bits per heavy atom. The lowest BCUT2D eigenvalue weighted by atomic mass is 9.98. The van der Waals surface area contributed by atoms with Crippen molar-refractivity contribution in [2.24, 2.45) is 0 Å². The molecule has 1 aromatic carbocycles. The van der Waals surface area contributed by atoms with Crippen LogP contribution in [0, 0.1) is 0 Å². The van der Waals surface area contributed by atoms with Crippen molar-refractivity contribution in [1.29, 1.82) is 0 Å². The fourth-order valence-corrected chi connectivity index (χ4v) is 3.65. The fourth-order valence-electron chi connectivity index (χ4n) is 3.65. The summed E-state index contributed by atoms with van der Waals surface area (Å²) in [6.07, 6.45) is 7.42. The first-order valence-corrected chi connectivity index (χ1v) is 8.43. The van der Waals surface area contributed by atoms with Crippen molar-refractivity contribution in [3.8, 4) is 0 Å². The molecule has 0 unspecified atom stereocenters. The van der Waals surface area contributed by atoms with E-state index < -0.39 is 0 Å². The highest BCUT2D eigenvalue weighted by atomic mass is 16.2. The number of rotatable bonds is 4. The zero-order chi connectivity index (χ0) is 14.5. The molecule has 2 saturated heterocycles. The lowest BCUT2D eigenvalue weighted by Gasteiger charge is -2.36. The zero-order valence-electron chi connectivity index (χ0n) is 12.8. The number of carbonyl (C=O) groups is 1. The van der Waals surface area contributed by atoms with Crippen LogP contribution < -0.4 is 0 Å². The van der Waals surface area contributed by atoms with Crippen molar-refractivity contribution < 1.29 is 4.79 Å². The Labute approximate surface area is 127 Å². The van der Waals surface area contributed by atoms with Gasteiger partial charge in [-0.3, -0.25) is 4.79 Å². The summed E-state index contributed by atoms with van der Waals surface area (Å²) in [5.74, 6) is 0.224. The number of hydrogen-bond donors (Lipinski definition) is 0. The number of likely N-dealkylation sites (tertiary alicyclic amines) is 2. The summed E-state index contributed by atoms with van der Waals surface area (Å²) in [4.78, 5) is 17.4. The number of hydrogen-bond acceptors (Lipinski definition) is 2. The predicted octanol–water partition coefficient (Wildman–Crippen LogP) is 3.17. The molecular weight excluding hydrogens is 260 g/mol. The second-order valence-corrected chi connectivity index (χ2v) is 6.35. The van der Waals surface area contributed by atoms with Gasteiger partial charge >= 0.3 is 0 Å². The maximum absolute atomic E-state index is 12.7. The summed E-state index contributed by atoms with van der Waals surface area (Å²) in [6, 6.07) is 10.2. The Hall–Kier alpha value is -1.35. The average Bonchev–Trinajstić information content (AvgIpc) is 3.07. The topological polar surface area (TPSA) is 23.6 Å². The van der Waals surface area contributed by atoms with Gasteiger partial charge < -0.3 is 9.80 Å². The summed E-state index contributed by atoms with van der Waals surface area (Å²) in [5.41, 5.74) is 0.838. The van der Waals surface area contributed by atoms with Crippen molar-refractivity contribution in [2.45, 2.75) is 44.6 Å². The maximum Gasteiger partial charge on any atom is 0.254 e. The van der Waals surface area contributed by atoms with E-state index >= 15 is 0 Å². The first-order chi connectivity index (χ1) is 10.3. The van der Waals surface area contributed by atoms with E-state index in [0.717, 1.165) is 31.5 Å². The summed E-state index contributed by atoms with van der Waals surface area (Å²) in [7, 11) is 0. The Morgan fingerprint density at radius 3 is 2.48 bits per heavy atom. The monoisotopic (exact) mass is 286 g/mol. The normalized spacial score (nSPS) is 23.4. The predicted molar refractivity (Wildman–Crippen MR) is 85.4 cm³/mol. The molecule has 0 aliphatic carbocycles. The van der Waals surface area contributed by atoms with Crippen LogP contribution >= 0.6 is 0 Å². The highest BCUT2D eigenvalue weighted by Gasteiger charge is 2.27. The van der Waals surface area contributed by atoms with Gasteiger partial charge in [0.2, 0.25) is 0 Å². The lowest BCUT2D eigenvalue weighted by Crippen LogP contribution is -2.45. The average molecular weight is 286 g/mol. The van der Waals surface area contributed by atoms with E-state index in [1.54, 1.807) is 0 Å². The minimum absolute atomic E-state index is 0.224. The molecule has 0 saturated carbocycles. The van der Waals surface area contributed by atoms with Crippen LogP contribution in [0.5, 0.6) is 0 Å². The molecule has 0 bridgehead atoms. The number of piperidine rings is 1. The van der Waals surface area contributed by atoms with Gasteiger partial charge in [0.1, 0.15) is 0 Å². The first kappa shape index (κ1) is 14.6. The summed E-state index contributed by atoms with van der Waals surface area (Å²) in [5, 5.41) is 0. The molecule has 2 aliphatic rings. The van der Waals surface area contributed by atoms with E-state index in [4.69, 9.17) is 0 Å². The van der Waals surface area contributed by atoms with Crippen LogP contribution in [0.25, 0.3) is 0 Å². The van der Waals surface area contributed by atoms with Gasteiger partial charge in [0.25, 0.3) is 5.91 Å². The van der Waals surface area contributed by atoms with Gasteiger partial charge in [0.15, 0.2) is 0 Å². The fraction of sp³-hybridized carbons (Fsp3) is 0.611. The van der Waals surface area contributed by atoms with Gasteiger partial charge in [0.05, 0.1) is 0 Å². The largest absolute Gasteiger partial charge is 0.336 e. The van der Waals surface area contributed by atoms with Gasteiger partial charge in [-0.25, -0.2) is 0 Å². The van der Waals surface area contributed by atoms with Gasteiger partial charge in [-0.15, -0.1) is 0 Å². The van der Waals surface area contributed by atoms with Crippen LogP contribution in [0.4, 0.5) is 0 Å². The number of amides is 1. The minimum Gasteiger partial charge on any atom is -0.336 e. The molecule has 0 aromatic heterocycles. The van der Waals surface area contributed by atoms with Crippen LogP contribution in [-0.2, 0) is 0 Å². The van der Waals surface area contributed by atoms with Gasteiger partial charge in [-0.05, 0) is 63.7 Å². The van der Waals surface area contributed by atoms with Crippen LogP contribution in [0.15, 0.2) is 30.3 Å². The molecule has 2 aliphatic heterocycles. The van der Waals surface area contributed by atoms with E-state index in [2.05, 4.69) is 9.80 Å². The molecule has 3 nitrogen and oxygen atoms in total. The molecule has 21 heavy (non-hydrogen) atoms. The van der Waals surface area contributed by atoms with Crippen LogP contribution in [-0.4, -0.2) is 47.9 Å². The van der Waals surface area contributed by atoms with E-state index in [0.29, 0.717) is 6.04 Å². The minimum atomic E-state index is 0.224. The Balaban J connectivity index is 1.62. The lowest BCUT2D eigenvalue weighted by molar-refractivity contribution is 0.0588. The van der Waals surface area contributed by atoms with Crippen molar-refractivity contribution in [3.63, 3.8) is 0 Å². The molecule has 2 heterocycles. The third-order valence-electron chi connectivity index (χ3n) is 4.89. The molecule has 0 radical (unpaired) electrons. The Kier molecular flexibility index (Phi) is 4.91. The quantitative estimate of drug-likeness (QED) is 0.849. The van der Waals surface area contributed by atoms with Gasteiger partial charge in [-0.1, -0.05) is 18.2 Å². The molecule has 2 fully saturated rings. The Bertz CT molecular complexity index is 454. The number of carbonyl (C=O) groups excluding carboxylic acids is 1. The Morgan fingerprint density at radius 2 is 1.71 bits per heavy atom. The molecule has 3 rings (SSSR count). The van der Waals surface area contributed by atoms with Crippen molar-refractivity contribution in [2.75, 3.05) is 26.2 Å². The molecule has 1 aromatic rings. The molecule has 0 N–H and O–H groups in total. The molecule has 0 spiro atoms. The first-order valence-electron chi connectivity index (χ1n) is 8.43. The molecular formula is C18H26N2O. The second kappa shape index (κ2) is 7.08. The van der Waals surface area contributed by atoms with Gasteiger partial charge in [0, 0.05) is 24.7 Å². The maximum atomic E-state index is 12.7. The van der Waals surface area contributed by atoms with Crippen LogP contribution in [0.2, 0.25) is 0 Å². The third-order valence-corrected chi connectivity index (χ3v) is 4.89. The molecule has 114 valence electrons. The third kappa shape index (κ3) is 3.65. The SMILES string of the molecule is O=C(c1ccccc1)N1CCCC[C@H]1CCN1CCCC1. The van der Waals surface area contributed by atoms with Gasteiger partial charge in [-0.2, -0.15) is 0 Å². The van der Waals surface area contributed by atoms with Crippen molar-refractivity contribution in [1.82, 2.24) is 9.80 Å². The summed E-state index contributed by atoms with van der Waals surface area (Å²) >= 11 is 0. The van der Waals surface area contributed by atoms with Crippen molar-refractivity contribution in [3.05, 3.63) is 35.9 Å². The van der Waals surface area contributed by atoms with E-state index in [1.165, 1.54) is 38.8 Å². The van der Waals surface area contributed by atoms with E-state index in [-0.39, 0.29) is 5.91 Å². The molecule has 3 heteroatoms. The smallest absolute Gasteiger partial charge is 0.254 e. The zero-order valence-corrected chi connectivity index (χ0v) is 12.8. The molecule has 1 amide bonds. The molecule has 1 atom stereocenters. The second-order valence-electron chi connectivity index (χ2n) is 6.35. The highest BCUT2D eigenvalue weighted by molar-refractivity contribution is 5.94. The van der Waals surface area contributed by atoms with Crippen LogP contribution in [0.3, 0.4) is 0 Å². The standard InChI is InChI=1S/C18H26N2O/c21-18(16-8-2-1-3-9-16)20-14-5-4-10-17(20)11-15-19-12-6-7-13-19/h1-3,8-9,17H,4-7,10-15H2/t17-/m0/s1. The number of nitrogens with zero attached hydrogens (tertiary/aromatic N) is 2. The van der Waals surface area contributed by atoms with Crippen molar-refractivity contribution >= 4 is 5.91 Å². The highest BCUT2D eigenvalue weighted by Crippen LogP contribution is 2.23. The van der Waals surface area contributed by atoms with E-state index in [1.807, 2.05) is 30.3 Å². The van der Waals surface area contributed by atoms with E-state index in [9.17, 15) is 4.79 Å². The summed E-state index contributed by atoms with van der Waals surface area (Å²) in [6.45, 7) is 4.58. The summed E-state index contributed by atoms with van der Waals surface area (Å²) < 4.78 is 0. The van der Waals surface area contributed by atoms with Crippen LogP contribution in [0.1, 0.15) is 48.9 Å².